The fraction of sp³-hybridized carbons (Fsp3) is 0.381. The highest BCUT2D eigenvalue weighted by Crippen LogP contribution is 2.40. The van der Waals surface area contributed by atoms with E-state index < -0.39 is 0 Å². The van der Waals surface area contributed by atoms with E-state index in [-0.39, 0.29) is 23.1 Å². The van der Waals surface area contributed by atoms with Crippen LogP contribution in [0, 0.1) is 19.3 Å². The summed E-state index contributed by atoms with van der Waals surface area (Å²) in [6, 6.07) is 3.61. The molecule has 1 N–H and O–H groups in total. The maximum absolute atomic E-state index is 12.8. The molecule has 3 aromatic rings. The summed E-state index contributed by atoms with van der Waals surface area (Å²) in [7, 11) is 0. The van der Waals surface area contributed by atoms with Gasteiger partial charge in [-0.25, -0.2) is 15.0 Å². The molecular weight excluding hydrogens is 354 g/mol. The Labute approximate surface area is 163 Å². The lowest BCUT2D eigenvalue weighted by molar-refractivity contribution is 0.0888. The average molecular weight is 377 g/mol. The standard InChI is InChI=1S/C21H23N5O2/c1-12-18(28-13(2)24-12)20(27)26-17-10-21(3,4)9-16-15(17)11-23-19(25-16)14-5-7-22-8-6-14/h5-8,11,17H,9-10H2,1-4H3,(H,26,27)/t17-/m0/s1. The van der Waals surface area contributed by atoms with Gasteiger partial charge in [0.1, 0.15) is 0 Å². The summed E-state index contributed by atoms with van der Waals surface area (Å²) in [5, 5.41) is 3.10. The van der Waals surface area contributed by atoms with Gasteiger partial charge >= 0.3 is 0 Å². The minimum absolute atomic E-state index is 0.00118. The largest absolute Gasteiger partial charge is 0.436 e. The number of oxazole rings is 1. The average Bonchev–Trinajstić information content (AvgIpc) is 2.99. The predicted octanol–water partition coefficient (Wildman–Crippen LogP) is 3.59. The van der Waals surface area contributed by atoms with Crippen molar-refractivity contribution in [2.75, 3.05) is 0 Å². The van der Waals surface area contributed by atoms with Crippen LogP contribution in [-0.4, -0.2) is 25.8 Å². The topological polar surface area (TPSA) is 93.8 Å². The van der Waals surface area contributed by atoms with Crippen molar-refractivity contribution in [3.8, 4) is 11.4 Å². The van der Waals surface area contributed by atoms with Crippen LogP contribution < -0.4 is 5.32 Å². The van der Waals surface area contributed by atoms with Crippen molar-refractivity contribution in [2.45, 2.75) is 46.6 Å². The third kappa shape index (κ3) is 3.52. The second-order valence-electron chi connectivity index (χ2n) is 8.05. The summed E-state index contributed by atoms with van der Waals surface area (Å²) in [6.45, 7) is 7.88. The molecule has 28 heavy (non-hydrogen) atoms. The van der Waals surface area contributed by atoms with E-state index in [1.165, 1.54) is 0 Å². The molecule has 0 spiro atoms. The summed E-state index contributed by atoms with van der Waals surface area (Å²) in [4.78, 5) is 30.3. The van der Waals surface area contributed by atoms with Crippen LogP contribution in [0.4, 0.5) is 0 Å². The zero-order valence-corrected chi connectivity index (χ0v) is 16.5. The number of hydrogen-bond donors (Lipinski definition) is 1. The number of aryl methyl sites for hydroxylation is 2. The van der Waals surface area contributed by atoms with Gasteiger partial charge in [0.25, 0.3) is 5.91 Å². The van der Waals surface area contributed by atoms with Gasteiger partial charge in [-0.1, -0.05) is 13.8 Å². The van der Waals surface area contributed by atoms with Crippen LogP contribution in [0.3, 0.4) is 0 Å². The van der Waals surface area contributed by atoms with Crippen LogP contribution in [0.2, 0.25) is 0 Å². The number of rotatable bonds is 3. The Morgan fingerprint density at radius 1 is 1.21 bits per heavy atom. The number of nitrogens with one attached hydrogen (secondary N) is 1. The molecule has 1 atom stereocenters. The highest BCUT2D eigenvalue weighted by Gasteiger charge is 2.35. The third-order valence-corrected chi connectivity index (χ3v) is 5.03. The predicted molar refractivity (Wildman–Crippen MR) is 104 cm³/mol. The van der Waals surface area contributed by atoms with Gasteiger partial charge in [-0.05, 0) is 37.3 Å². The van der Waals surface area contributed by atoms with Gasteiger partial charge in [-0.15, -0.1) is 0 Å². The first-order valence-electron chi connectivity index (χ1n) is 9.33. The van der Waals surface area contributed by atoms with Crippen molar-refractivity contribution in [2.24, 2.45) is 5.41 Å². The Morgan fingerprint density at radius 3 is 2.64 bits per heavy atom. The SMILES string of the molecule is Cc1nc(C)c(C(=O)N[C@H]2CC(C)(C)Cc3nc(-c4ccncc4)ncc32)o1. The molecule has 3 aromatic heterocycles. The summed E-state index contributed by atoms with van der Waals surface area (Å²) < 4.78 is 5.47. The molecule has 1 aliphatic rings. The number of amides is 1. The van der Waals surface area contributed by atoms with Crippen molar-refractivity contribution in [1.29, 1.82) is 0 Å². The molecule has 0 aliphatic heterocycles. The van der Waals surface area contributed by atoms with E-state index >= 15 is 0 Å². The van der Waals surface area contributed by atoms with Gasteiger partial charge in [0.2, 0.25) is 5.76 Å². The Kier molecular flexibility index (Phi) is 4.45. The number of aromatic nitrogens is 4. The normalized spacial score (nSPS) is 17.8. The number of pyridine rings is 1. The molecule has 1 aliphatic carbocycles. The lowest BCUT2D eigenvalue weighted by atomic mass is 9.74. The van der Waals surface area contributed by atoms with Gasteiger partial charge in [0.15, 0.2) is 11.7 Å². The number of carbonyl (C=O) groups is 1. The zero-order valence-electron chi connectivity index (χ0n) is 16.5. The van der Waals surface area contributed by atoms with E-state index in [0.29, 0.717) is 17.4 Å². The number of nitrogens with zero attached hydrogens (tertiary/aromatic N) is 4. The lowest BCUT2D eigenvalue weighted by Gasteiger charge is -2.36. The van der Waals surface area contributed by atoms with Gasteiger partial charge in [-0.3, -0.25) is 9.78 Å². The Hall–Kier alpha value is -3.09. The van der Waals surface area contributed by atoms with E-state index in [0.717, 1.165) is 29.7 Å². The Morgan fingerprint density at radius 2 is 1.96 bits per heavy atom. The zero-order chi connectivity index (χ0) is 19.9. The second-order valence-corrected chi connectivity index (χ2v) is 8.05. The summed E-state index contributed by atoms with van der Waals surface area (Å²) in [5.74, 6) is 1.16. The molecule has 0 aromatic carbocycles. The second kappa shape index (κ2) is 6.82. The molecule has 7 nitrogen and oxygen atoms in total. The van der Waals surface area contributed by atoms with E-state index in [1.807, 2.05) is 18.3 Å². The first-order valence-corrected chi connectivity index (χ1v) is 9.33. The van der Waals surface area contributed by atoms with E-state index in [2.05, 4.69) is 34.1 Å². The van der Waals surface area contributed by atoms with Crippen molar-refractivity contribution < 1.29 is 9.21 Å². The minimum Gasteiger partial charge on any atom is -0.436 e. The highest BCUT2D eigenvalue weighted by atomic mass is 16.4. The first-order chi connectivity index (χ1) is 13.3. The smallest absolute Gasteiger partial charge is 0.289 e. The molecule has 0 bridgehead atoms. The van der Waals surface area contributed by atoms with Gasteiger partial charge in [0.05, 0.1) is 17.4 Å². The van der Waals surface area contributed by atoms with Crippen LogP contribution in [-0.2, 0) is 6.42 Å². The Bertz CT molecular complexity index is 1030. The van der Waals surface area contributed by atoms with Gasteiger partial charge in [-0.2, -0.15) is 0 Å². The highest BCUT2D eigenvalue weighted by molar-refractivity contribution is 5.92. The van der Waals surface area contributed by atoms with Crippen molar-refractivity contribution in [3.63, 3.8) is 0 Å². The van der Waals surface area contributed by atoms with Crippen LogP contribution >= 0.6 is 0 Å². The molecule has 0 fully saturated rings. The first kappa shape index (κ1) is 18.3. The van der Waals surface area contributed by atoms with Crippen molar-refractivity contribution in [1.82, 2.24) is 25.3 Å². The molecule has 4 rings (SSSR count). The van der Waals surface area contributed by atoms with Gasteiger partial charge in [0, 0.05) is 36.6 Å². The molecule has 0 unspecified atom stereocenters. The number of fused-ring (bicyclic) bond motifs is 1. The maximum atomic E-state index is 12.8. The fourth-order valence-electron chi connectivity index (χ4n) is 3.78. The van der Waals surface area contributed by atoms with Crippen molar-refractivity contribution in [3.05, 3.63) is 59.3 Å². The van der Waals surface area contributed by atoms with Crippen LogP contribution in [0.15, 0.2) is 35.1 Å². The van der Waals surface area contributed by atoms with E-state index in [9.17, 15) is 4.79 Å². The van der Waals surface area contributed by atoms with Crippen molar-refractivity contribution >= 4 is 5.91 Å². The monoisotopic (exact) mass is 377 g/mol. The fourth-order valence-corrected chi connectivity index (χ4v) is 3.78. The summed E-state index contributed by atoms with van der Waals surface area (Å²) in [6.07, 6.45) is 6.92. The molecule has 0 radical (unpaired) electrons. The van der Waals surface area contributed by atoms with Gasteiger partial charge < -0.3 is 9.73 Å². The molecule has 0 saturated heterocycles. The molecule has 0 saturated carbocycles. The molecule has 1 amide bonds. The van der Waals surface area contributed by atoms with Crippen LogP contribution in [0.5, 0.6) is 0 Å². The minimum atomic E-state index is -0.259. The van der Waals surface area contributed by atoms with E-state index in [4.69, 9.17) is 9.40 Å². The quantitative estimate of drug-likeness (QED) is 0.750. The number of carbonyl (C=O) groups excluding carboxylic acids is 1. The van der Waals surface area contributed by atoms with E-state index in [1.54, 1.807) is 26.2 Å². The maximum Gasteiger partial charge on any atom is 0.289 e. The lowest BCUT2D eigenvalue weighted by Crippen LogP contribution is -2.37. The van der Waals surface area contributed by atoms with Crippen LogP contribution in [0.25, 0.3) is 11.4 Å². The van der Waals surface area contributed by atoms with Crippen LogP contribution in [0.1, 0.15) is 59.7 Å². The molecule has 3 heterocycles. The summed E-state index contributed by atoms with van der Waals surface area (Å²) in [5.41, 5.74) is 3.44. The number of hydrogen-bond acceptors (Lipinski definition) is 6. The molecule has 144 valence electrons. The summed E-state index contributed by atoms with van der Waals surface area (Å²) >= 11 is 0. The third-order valence-electron chi connectivity index (χ3n) is 5.03. The molecular formula is C21H23N5O2. The molecule has 7 heteroatoms. The Balaban J connectivity index is 1.67.